The number of hydrogen-bond acceptors (Lipinski definition) is 2. The Balaban J connectivity index is 1.69. The average molecular weight is 363 g/mol. The summed E-state index contributed by atoms with van der Waals surface area (Å²) in [7, 11) is 3.61. The van der Waals surface area contributed by atoms with Crippen LogP contribution < -0.4 is 10.9 Å². The minimum Gasteiger partial charge on any atom is -0.349 e. The number of benzene rings is 1. The van der Waals surface area contributed by atoms with Crippen molar-refractivity contribution in [1.29, 1.82) is 0 Å². The topological polar surface area (TPSA) is 56.0 Å². The highest BCUT2D eigenvalue weighted by Crippen LogP contribution is 2.35. The molecule has 2 atom stereocenters. The molecule has 0 unspecified atom stereocenters. The second kappa shape index (κ2) is 6.72. The molecule has 4 rings (SSSR count). The van der Waals surface area contributed by atoms with Crippen molar-refractivity contribution < 1.29 is 4.79 Å². The molecule has 3 aromatic rings. The summed E-state index contributed by atoms with van der Waals surface area (Å²) in [5, 5.41) is 3.72. The number of carbonyl (C=O) groups is 1. The van der Waals surface area contributed by atoms with E-state index in [0.29, 0.717) is 16.9 Å². The molecule has 0 saturated heterocycles. The van der Waals surface area contributed by atoms with Gasteiger partial charge in [0.1, 0.15) is 0 Å². The van der Waals surface area contributed by atoms with Crippen LogP contribution in [0.15, 0.2) is 47.5 Å². The van der Waals surface area contributed by atoms with E-state index in [1.54, 1.807) is 17.8 Å². The Morgan fingerprint density at radius 2 is 1.81 bits per heavy atom. The highest BCUT2D eigenvalue weighted by Gasteiger charge is 2.31. The number of amides is 1. The second-order valence-corrected chi connectivity index (χ2v) is 7.63. The van der Waals surface area contributed by atoms with Gasteiger partial charge >= 0.3 is 0 Å². The molecule has 1 aliphatic rings. The summed E-state index contributed by atoms with van der Waals surface area (Å²) in [6.07, 6.45) is 6.73. The van der Waals surface area contributed by atoms with E-state index >= 15 is 0 Å². The van der Waals surface area contributed by atoms with Gasteiger partial charge in [0.05, 0.1) is 16.5 Å². The molecule has 1 aromatic carbocycles. The van der Waals surface area contributed by atoms with Gasteiger partial charge in [-0.2, -0.15) is 0 Å². The molecule has 1 N–H and O–H groups in total. The van der Waals surface area contributed by atoms with E-state index in [0.717, 1.165) is 30.3 Å². The molecule has 0 bridgehead atoms. The number of nitrogens with one attached hydrogen (secondary N) is 1. The number of nitrogens with zero attached hydrogens (tertiary/aromatic N) is 2. The third kappa shape index (κ3) is 2.97. The van der Waals surface area contributed by atoms with Crippen LogP contribution in [0.5, 0.6) is 0 Å². The van der Waals surface area contributed by atoms with Crippen LogP contribution in [-0.2, 0) is 14.1 Å². The Morgan fingerprint density at radius 1 is 1.07 bits per heavy atom. The van der Waals surface area contributed by atoms with Gasteiger partial charge in [-0.1, -0.05) is 36.8 Å². The van der Waals surface area contributed by atoms with E-state index in [1.165, 1.54) is 5.56 Å². The number of pyridine rings is 1. The predicted molar refractivity (Wildman–Crippen MR) is 107 cm³/mol. The molecule has 140 valence electrons. The Kier molecular flexibility index (Phi) is 4.38. The molecule has 5 heteroatoms. The Hall–Kier alpha value is -2.82. The van der Waals surface area contributed by atoms with E-state index in [2.05, 4.69) is 17.4 Å². The molecular formula is C22H25N3O2. The van der Waals surface area contributed by atoms with E-state index in [4.69, 9.17) is 0 Å². The maximum atomic E-state index is 13.1. The van der Waals surface area contributed by atoms with Crippen LogP contribution in [-0.4, -0.2) is 21.1 Å². The van der Waals surface area contributed by atoms with Gasteiger partial charge in [-0.05, 0) is 30.9 Å². The number of carbonyl (C=O) groups excluding carboxylic acids is 1. The van der Waals surface area contributed by atoms with Gasteiger partial charge in [0.15, 0.2) is 0 Å². The van der Waals surface area contributed by atoms with Gasteiger partial charge in [-0.25, -0.2) is 0 Å². The maximum Gasteiger partial charge on any atom is 0.260 e. The SMILES string of the molecule is Cc1cn(C)c(=O)c2c(C(=O)N[C@H]3CCC[C@@H]3c3ccccc3)cn(C)c12. The van der Waals surface area contributed by atoms with Crippen LogP contribution in [0.1, 0.15) is 46.7 Å². The van der Waals surface area contributed by atoms with Crippen molar-refractivity contribution in [3.63, 3.8) is 0 Å². The lowest BCUT2D eigenvalue weighted by Crippen LogP contribution is -2.36. The monoisotopic (exact) mass is 363 g/mol. The summed E-state index contributed by atoms with van der Waals surface area (Å²) in [4.78, 5) is 25.8. The van der Waals surface area contributed by atoms with Gasteiger partial charge in [0, 0.05) is 38.4 Å². The second-order valence-electron chi connectivity index (χ2n) is 7.63. The number of fused-ring (bicyclic) bond motifs is 1. The summed E-state index contributed by atoms with van der Waals surface area (Å²) in [5.74, 6) is 0.172. The van der Waals surface area contributed by atoms with Crippen LogP contribution in [0.2, 0.25) is 0 Å². The fourth-order valence-corrected chi connectivity index (χ4v) is 4.56. The largest absolute Gasteiger partial charge is 0.349 e. The predicted octanol–water partition coefficient (Wildman–Crippen LogP) is 3.25. The average Bonchev–Trinajstić information content (AvgIpc) is 3.25. The fraction of sp³-hybridized carbons (Fsp3) is 0.364. The van der Waals surface area contributed by atoms with Crippen LogP contribution >= 0.6 is 0 Å². The van der Waals surface area contributed by atoms with Crippen molar-refractivity contribution >= 4 is 16.8 Å². The number of aromatic nitrogens is 2. The maximum absolute atomic E-state index is 13.1. The van der Waals surface area contributed by atoms with Crippen molar-refractivity contribution in [3.05, 3.63) is 69.8 Å². The summed E-state index contributed by atoms with van der Waals surface area (Å²) in [6.45, 7) is 1.96. The first kappa shape index (κ1) is 17.6. The normalized spacial score (nSPS) is 19.5. The van der Waals surface area contributed by atoms with Crippen molar-refractivity contribution in [1.82, 2.24) is 14.5 Å². The van der Waals surface area contributed by atoms with Gasteiger partial charge in [-0.15, -0.1) is 0 Å². The van der Waals surface area contributed by atoms with E-state index in [-0.39, 0.29) is 17.5 Å². The van der Waals surface area contributed by atoms with Crippen molar-refractivity contribution in [2.45, 2.75) is 38.1 Å². The highest BCUT2D eigenvalue weighted by atomic mass is 16.2. The van der Waals surface area contributed by atoms with Crippen LogP contribution in [0.3, 0.4) is 0 Å². The molecule has 0 spiro atoms. The first-order valence-corrected chi connectivity index (χ1v) is 9.48. The molecule has 1 aliphatic carbocycles. The quantitative estimate of drug-likeness (QED) is 0.777. The van der Waals surface area contributed by atoms with Gasteiger partial charge in [0.2, 0.25) is 0 Å². The lowest BCUT2D eigenvalue weighted by atomic mass is 9.94. The third-order valence-corrected chi connectivity index (χ3v) is 5.78. The molecule has 5 nitrogen and oxygen atoms in total. The third-order valence-electron chi connectivity index (χ3n) is 5.78. The van der Waals surface area contributed by atoms with Crippen molar-refractivity contribution in [3.8, 4) is 0 Å². The summed E-state index contributed by atoms with van der Waals surface area (Å²) in [5.41, 5.74) is 3.42. The standard InChI is InChI=1S/C22H25N3O2/c1-14-12-25(3)22(27)19-17(13-24(2)20(14)19)21(26)23-18-11-7-10-16(18)15-8-5-4-6-9-15/h4-6,8-9,12-13,16,18H,7,10-11H2,1-3H3,(H,23,26)/t16-,18+/m1/s1. The van der Waals surface area contributed by atoms with Gasteiger partial charge in [-0.3, -0.25) is 9.59 Å². The zero-order chi connectivity index (χ0) is 19.1. The summed E-state index contributed by atoms with van der Waals surface area (Å²) in [6, 6.07) is 10.5. The zero-order valence-electron chi connectivity index (χ0n) is 16.0. The first-order chi connectivity index (χ1) is 13.0. The Labute approximate surface area is 158 Å². The number of hydrogen-bond donors (Lipinski definition) is 1. The Morgan fingerprint density at radius 3 is 2.56 bits per heavy atom. The van der Waals surface area contributed by atoms with E-state index < -0.39 is 0 Å². The molecule has 0 radical (unpaired) electrons. The highest BCUT2D eigenvalue weighted by molar-refractivity contribution is 6.07. The van der Waals surface area contributed by atoms with E-state index in [9.17, 15) is 9.59 Å². The molecule has 2 heterocycles. The molecule has 1 fully saturated rings. The minimum absolute atomic E-state index is 0.101. The molecule has 0 aliphatic heterocycles. The molecule has 27 heavy (non-hydrogen) atoms. The van der Waals surface area contributed by atoms with Gasteiger partial charge < -0.3 is 14.5 Å². The van der Waals surface area contributed by atoms with Crippen LogP contribution in [0.4, 0.5) is 0 Å². The lowest BCUT2D eigenvalue weighted by molar-refractivity contribution is 0.0936. The number of aryl methyl sites for hydroxylation is 3. The van der Waals surface area contributed by atoms with Crippen molar-refractivity contribution in [2.24, 2.45) is 14.1 Å². The Bertz CT molecular complexity index is 1060. The summed E-state index contributed by atoms with van der Waals surface area (Å²) < 4.78 is 3.43. The molecule has 2 aromatic heterocycles. The minimum atomic E-state index is -0.156. The summed E-state index contributed by atoms with van der Waals surface area (Å²) >= 11 is 0. The number of rotatable bonds is 3. The van der Waals surface area contributed by atoms with Crippen molar-refractivity contribution in [2.75, 3.05) is 0 Å². The molecular weight excluding hydrogens is 338 g/mol. The first-order valence-electron chi connectivity index (χ1n) is 9.48. The smallest absolute Gasteiger partial charge is 0.260 e. The van der Waals surface area contributed by atoms with Crippen LogP contribution in [0, 0.1) is 6.92 Å². The fourth-order valence-electron chi connectivity index (χ4n) is 4.56. The molecule has 1 saturated carbocycles. The van der Waals surface area contributed by atoms with Gasteiger partial charge in [0.25, 0.3) is 11.5 Å². The molecule has 1 amide bonds. The lowest BCUT2D eigenvalue weighted by Gasteiger charge is -2.21. The van der Waals surface area contributed by atoms with Crippen LogP contribution in [0.25, 0.3) is 10.9 Å². The van der Waals surface area contributed by atoms with E-state index in [1.807, 2.05) is 42.9 Å². The zero-order valence-corrected chi connectivity index (χ0v) is 16.0.